The molecule has 6 nitrogen and oxygen atoms in total. The van der Waals surface area contributed by atoms with Crippen molar-refractivity contribution in [2.24, 2.45) is 17.3 Å². The van der Waals surface area contributed by atoms with Gasteiger partial charge < -0.3 is 9.47 Å². The Balaban J connectivity index is 2.45. The number of benzene rings is 1. The van der Waals surface area contributed by atoms with Gasteiger partial charge in [-0.25, -0.2) is 0 Å². The molecule has 0 radical (unpaired) electrons. The molecule has 0 N–H and O–H groups in total. The van der Waals surface area contributed by atoms with Crippen LogP contribution in [0.1, 0.15) is 44.0 Å². The third-order valence-electron chi connectivity index (χ3n) is 4.93. The first-order chi connectivity index (χ1) is 12.4. The minimum Gasteiger partial charge on any atom is -0.465 e. The molecule has 1 aliphatic carbocycles. The van der Waals surface area contributed by atoms with Crippen LogP contribution in [0.5, 0.6) is 0 Å². The van der Waals surface area contributed by atoms with E-state index < -0.39 is 29.2 Å². The van der Waals surface area contributed by atoms with Crippen molar-refractivity contribution >= 4 is 23.5 Å². The van der Waals surface area contributed by atoms with E-state index in [0.29, 0.717) is 5.56 Å². The molecule has 0 saturated heterocycles. The second-order valence-corrected chi connectivity index (χ2v) is 6.46. The summed E-state index contributed by atoms with van der Waals surface area (Å²) < 4.78 is 10.2. The van der Waals surface area contributed by atoms with Crippen molar-refractivity contribution in [2.45, 2.75) is 33.6 Å². The van der Waals surface area contributed by atoms with Crippen LogP contribution in [-0.2, 0) is 23.9 Å². The van der Waals surface area contributed by atoms with Crippen molar-refractivity contribution in [3.63, 3.8) is 0 Å². The Hall–Kier alpha value is -2.50. The summed E-state index contributed by atoms with van der Waals surface area (Å²) in [6.07, 6.45) is 0.401. The van der Waals surface area contributed by atoms with Gasteiger partial charge in [0.05, 0.1) is 19.1 Å². The summed E-state index contributed by atoms with van der Waals surface area (Å²) in [5.74, 6) is -4.01. The largest absolute Gasteiger partial charge is 0.465 e. The molecule has 0 aromatic heterocycles. The summed E-state index contributed by atoms with van der Waals surface area (Å²) in [6.45, 7) is 4.86. The number of hydrogen-bond donors (Lipinski definition) is 0. The molecule has 0 aliphatic heterocycles. The maximum Gasteiger partial charge on any atom is 0.323 e. The van der Waals surface area contributed by atoms with Gasteiger partial charge in [0.15, 0.2) is 11.2 Å². The number of ketones is 2. The van der Waals surface area contributed by atoms with Crippen LogP contribution >= 0.6 is 0 Å². The van der Waals surface area contributed by atoms with E-state index in [9.17, 15) is 19.2 Å². The number of carbonyl (C=O) groups is 4. The first-order valence-electron chi connectivity index (χ1n) is 8.84. The van der Waals surface area contributed by atoms with Gasteiger partial charge in [-0.05, 0) is 27.2 Å². The Bertz CT molecular complexity index is 676. The monoisotopic (exact) mass is 360 g/mol. The van der Waals surface area contributed by atoms with E-state index in [1.54, 1.807) is 44.2 Å². The molecule has 1 saturated carbocycles. The Labute approximate surface area is 152 Å². The molecular weight excluding hydrogens is 336 g/mol. The third-order valence-corrected chi connectivity index (χ3v) is 4.93. The van der Waals surface area contributed by atoms with Crippen molar-refractivity contribution in [3.05, 3.63) is 35.9 Å². The molecule has 0 spiro atoms. The first kappa shape index (κ1) is 19.8. The fourth-order valence-electron chi connectivity index (χ4n) is 3.53. The minimum atomic E-state index is -1.70. The van der Waals surface area contributed by atoms with Gasteiger partial charge in [-0.1, -0.05) is 30.3 Å². The SMILES string of the molecule is CCOC(=O)C(C)(C(=O)OCC)[C@@H]1CCC(=O)[C@H]1C(=O)c1ccccc1. The molecule has 2 rings (SSSR count). The lowest BCUT2D eigenvalue weighted by Gasteiger charge is -2.33. The minimum absolute atomic E-state index is 0.0891. The molecule has 1 aromatic rings. The predicted molar refractivity (Wildman–Crippen MR) is 93.4 cm³/mol. The predicted octanol–water partition coefficient (Wildman–Crippen LogP) is 2.60. The normalized spacial score (nSPS) is 19.9. The average Bonchev–Trinajstić information content (AvgIpc) is 3.03. The maximum atomic E-state index is 13.0. The lowest BCUT2D eigenvalue weighted by atomic mass is 9.69. The maximum absolute atomic E-state index is 13.0. The van der Waals surface area contributed by atoms with Gasteiger partial charge in [0.2, 0.25) is 0 Å². The third kappa shape index (κ3) is 3.54. The molecule has 1 aliphatic rings. The molecule has 6 heteroatoms. The Kier molecular flexibility index (Phi) is 6.29. The summed E-state index contributed by atoms with van der Waals surface area (Å²) in [4.78, 5) is 50.7. The van der Waals surface area contributed by atoms with Crippen molar-refractivity contribution in [3.8, 4) is 0 Å². The highest BCUT2D eigenvalue weighted by atomic mass is 16.6. The van der Waals surface area contributed by atoms with Gasteiger partial charge in [0.25, 0.3) is 0 Å². The Morgan fingerprint density at radius 3 is 2.08 bits per heavy atom. The van der Waals surface area contributed by atoms with Crippen LogP contribution in [0.15, 0.2) is 30.3 Å². The van der Waals surface area contributed by atoms with Crippen LogP contribution in [0.3, 0.4) is 0 Å². The summed E-state index contributed by atoms with van der Waals surface area (Å²) >= 11 is 0. The number of Topliss-reactive ketones (excluding diaryl/α,β-unsaturated/α-hetero) is 2. The fraction of sp³-hybridized carbons (Fsp3) is 0.500. The van der Waals surface area contributed by atoms with Crippen molar-refractivity contribution in [1.29, 1.82) is 0 Å². The second kappa shape index (κ2) is 8.25. The smallest absolute Gasteiger partial charge is 0.323 e. The summed E-state index contributed by atoms with van der Waals surface area (Å²) in [7, 11) is 0. The molecule has 140 valence electrons. The van der Waals surface area contributed by atoms with E-state index >= 15 is 0 Å². The van der Waals surface area contributed by atoms with Gasteiger partial charge in [-0.3, -0.25) is 19.2 Å². The summed E-state index contributed by atoms with van der Waals surface area (Å²) in [5, 5.41) is 0. The Morgan fingerprint density at radius 1 is 1.04 bits per heavy atom. The highest BCUT2D eigenvalue weighted by Crippen LogP contribution is 2.45. The molecule has 1 aromatic carbocycles. The fourth-order valence-corrected chi connectivity index (χ4v) is 3.53. The molecule has 0 bridgehead atoms. The van der Waals surface area contributed by atoms with E-state index in [1.165, 1.54) is 6.92 Å². The standard InChI is InChI=1S/C20H24O6/c1-4-25-18(23)20(3,19(24)26-5-2)14-11-12-15(21)16(14)17(22)13-9-7-6-8-10-13/h6-10,14,16H,4-5,11-12H2,1-3H3/t14-,16+/m1/s1. The van der Waals surface area contributed by atoms with Crippen LogP contribution in [0.25, 0.3) is 0 Å². The average molecular weight is 360 g/mol. The number of ether oxygens (including phenoxy) is 2. The molecule has 0 unspecified atom stereocenters. The highest BCUT2D eigenvalue weighted by Gasteiger charge is 2.58. The van der Waals surface area contributed by atoms with Gasteiger partial charge >= 0.3 is 11.9 Å². The van der Waals surface area contributed by atoms with Crippen LogP contribution in [0.2, 0.25) is 0 Å². The van der Waals surface area contributed by atoms with Crippen LogP contribution in [-0.4, -0.2) is 36.7 Å². The van der Waals surface area contributed by atoms with E-state index in [1.807, 2.05) is 0 Å². The van der Waals surface area contributed by atoms with Crippen LogP contribution in [0.4, 0.5) is 0 Å². The Morgan fingerprint density at radius 2 is 1.58 bits per heavy atom. The zero-order valence-electron chi connectivity index (χ0n) is 15.3. The molecular formula is C20H24O6. The first-order valence-corrected chi connectivity index (χ1v) is 8.84. The molecule has 0 heterocycles. The van der Waals surface area contributed by atoms with Crippen LogP contribution < -0.4 is 0 Å². The number of hydrogen-bond acceptors (Lipinski definition) is 6. The van der Waals surface area contributed by atoms with Crippen LogP contribution in [0, 0.1) is 17.3 Å². The molecule has 2 atom stereocenters. The molecule has 26 heavy (non-hydrogen) atoms. The number of rotatable bonds is 7. The lowest BCUT2D eigenvalue weighted by Crippen LogP contribution is -2.48. The lowest BCUT2D eigenvalue weighted by molar-refractivity contribution is -0.175. The molecule has 1 fully saturated rings. The van der Waals surface area contributed by atoms with Gasteiger partial charge in [-0.2, -0.15) is 0 Å². The zero-order valence-corrected chi connectivity index (χ0v) is 15.3. The number of esters is 2. The second-order valence-electron chi connectivity index (χ2n) is 6.46. The van der Waals surface area contributed by atoms with Gasteiger partial charge in [0.1, 0.15) is 5.78 Å². The highest BCUT2D eigenvalue weighted by molar-refractivity contribution is 6.13. The quantitative estimate of drug-likeness (QED) is 0.422. The zero-order chi connectivity index (χ0) is 19.3. The van der Waals surface area contributed by atoms with E-state index in [2.05, 4.69) is 0 Å². The summed E-state index contributed by atoms with van der Waals surface area (Å²) in [6, 6.07) is 8.43. The van der Waals surface area contributed by atoms with E-state index in [-0.39, 0.29) is 37.6 Å². The van der Waals surface area contributed by atoms with Crippen molar-refractivity contribution in [1.82, 2.24) is 0 Å². The van der Waals surface area contributed by atoms with Crippen molar-refractivity contribution in [2.75, 3.05) is 13.2 Å². The van der Waals surface area contributed by atoms with E-state index in [0.717, 1.165) is 0 Å². The van der Waals surface area contributed by atoms with Crippen molar-refractivity contribution < 1.29 is 28.7 Å². The van der Waals surface area contributed by atoms with Gasteiger partial charge in [0, 0.05) is 17.9 Å². The van der Waals surface area contributed by atoms with Gasteiger partial charge in [-0.15, -0.1) is 0 Å². The molecule has 0 amide bonds. The summed E-state index contributed by atoms with van der Waals surface area (Å²) in [5.41, 5.74) is -1.32. The number of carbonyl (C=O) groups excluding carboxylic acids is 4. The topological polar surface area (TPSA) is 86.7 Å². The van der Waals surface area contributed by atoms with E-state index in [4.69, 9.17) is 9.47 Å².